The van der Waals surface area contributed by atoms with Gasteiger partial charge in [-0.05, 0) is 39.0 Å². The van der Waals surface area contributed by atoms with E-state index in [1.807, 2.05) is 54.6 Å². The first-order chi connectivity index (χ1) is 12.7. The van der Waals surface area contributed by atoms with Crippen molar-refractivity contribution in [3.8, 4) is 5.75 Å². The highest BCUT2D eigenvalue weighted by Gasteiger charge is 2.26. The molecule has 1 aromatic carbocycles. The number of carbonyl (C=O) groups excluding carboxylic acids is 1. The number of likely N-dealkylation sites (N-methyl/N-ethyl adjacent to an activating group) is 1. The quantitative estimate of drug-likeness (QED) is 0.759. The zero-order valence-electron chi connectivity index (χ0n) is 15.3. The molecule has 138 valence electrons. The lowest BCUT2D eigenvalue weighted by Crippen LogP contribution is -2.39. The summed E-state index contributed by atoms with van der Waals surface area (Å²) in [5.41, 5.74) is 1.83. The minimum absolute atomic E-state index is 0.0627. The van der Waals surface area contributed by atoms with Crippen molar-refractivity contribution in [2.45, 2.75) is 32.4 Å². The minimum Gasteiger partial charge on any atom is -0.487 e. The fourth-order valence-corrected chi connectivity index (χ4v) is 3.80. The van der Waals surface area contributed by atoms with Gasteiger partial charge >= 0.3 is 0 Å². The molecule has 1 aliphatic heterocycles. The molecule has 1 amide bonds. The molecule has 5 nitrogen and oxygen atoms in total. The van der Waals surface area contributed by atoms with E-state index in [2.05, 4.69) is 10.3 Å². The predicted octanol–water partition coefficient (Wildman–Crippen LogP) is 3.25. The standard InChI is InChI=1S/C20H25N3O2S/c1-15-22-17(14-26-15)13-25-19-8-4-3-6-16(19)9-10-20(24)23-11-5-7-18(23)12-21-2/h3-4,6,8-10,14,18,21H,5,7,11-13H2,1-2H3/b10-9+. The summed E-state index contributed by atoms with van der Waals surface area (Å²) >= 11 is 1.62. The molecule has 0 aliphatic carbocycles. The van der Waals surface area contributed by atoms with Crippen molar-refractivity contribution in [3.05, 3.63) is 52.0 Å². The lowest BCUT2D eigenvalue weighted by Gasteiger charge is -2.23. The van der Waals surface area contributed by atoms with Crippen LogP contribution in [-0.4, -0.2) is 42.0 Å². The number of carbonyl (C=O) groups is 1. The molecule has 1 atom stereocenters. The van der Waals surface area contributed by atoms with Crippen molar-refractivity contribution in [1.29, 1.82) is 0 Å². The Morgan fingerprint density at radius 2 is 2.31 bits per heavy atom. The molecule has 1 N–H and O–H groups in total. The Morgan fingerprint density at radius 3 is 3.08 bits per heavy atom. The number of thiazole rings is 1. The van der Waals surface area contributed by atoms with Gasteiger partial charge in [0.05, 0.1) is 10.7 Å². The maximum absolute atomic E-state index is 12.6. The molecule has 3 rings (SSSR count). The third-order valence-corrected chi connectivity index (χ3v) is 5.29. The Hall–Kier alpha value is -2.18. The Balaban J connectivity index is 1.65. The number of rotatable bonds is 7. The van der Waals surface area contributed by atoms with Crippen LogP contribution in [-0.2, 0) is 11.4 Å². The molecule has 6 heteroatoms. The number of aryl methyl sites for hydroxylation is 1. The molecule has 1 aromatic heterocycles. The molecule has 1 unspecified atom stereocenters. The average molecular weight is 372 g/mol. The van der Waals surface area contributed by atoms with Gasteiger partial charge in [-0.1, -0.05) is 18.2 Å². The van der Waals surface area contributed by atoms with E-state index in [0.717, 1.165) is 47.9 Å². The summed E-state index contributed by atoms with van der Waals surface area (Å²) in [6, 6.07) is 8.05. The largest absolute Gasteiger partial charge is 0.487 e. The van der Waals surface area contributed by atoms with E-state index in [1.54, 1.807) is 17.4 Å². The van der Waals surface area contributed by atoms with Crippen LogP contribution in [0.15, 0.2) is 35.7 Å². The summed E-state index contributed by atoms with van der Waals surface area (Å²) in [6.07, 6.45) is 5.63. The highest BCUT2D eigenvalue weighted by molar-refractivity contribution is 7.09. The van der Waals surface area contributed by atoms with Crippen LogP contribution in [0.3, 0.4) is 0 Å². The SMILES string of the molecule is CNCC1CCCN1C(=O)/C=C/c1ccccc1OCc1csc(C)n1. The molecule has 0 spiro atoms. The van der Waals surface area contributed by atoms with Gasteiger partial charge < -0.3 is 15.0 Å². The second-order valence-electron chi connectivity index (χ2n) is 6.40. The van der Waals surface area contributed by atoms with Crippen LogP contribution in [0, 0.1) is 6.92 Å². The van der Waals surface area contributed by atoms with E-state index in [4.69, 9.17) is 4.74 Å². The number of hydrogen-bond donors (Lipinski definition) is 1. The molecule has 1 fully saturated rings. The number of nitrogens with one attached hydrogen (secondary N) is 1. The normalized spacial score (nSPS) is 17.2. The average Bonchev–Trinajstić information content (AvgIpc) is 3.28. The second kappa shape index (κ2) is 8.96. The molecule has 2 heterocycles. The highest BCUT2D eigenvalue weighted by atomic mass is 32.1. The van der Waals surface area contributed by atoms with E-state index in [1.165, 1.54) is 0 Å². The summed E-state index contributed by atoms with van der Waals surface area (Å²) in [5.74, 6) is 0.822. The van der Waals surface area contributed by atoms with Gasteiger partial charge in [0.2, 0.25) is 5.91 Å². The minimum atomic E-state index is 0.0627. The van der Waals surface area contributed by atoms with E-state index in [-0.39, 0.29) is 11.9 Å². The summed E-state index contributed by atoms with van der Waals surface area (Å²) in [5, 5.41) is 6.21. The Bertz CT molecular complexity index is 772. The molecule has 0 radical (unpaired) electrons. The van der Waals surface area contributed by atoms with Gasteiger partial charge in [-0.3, -0.25) is 4.79 Å². The number of aromatic nitrogens is 1. The first kappa shape index (κ1) is 18.6. The third kappa shape index (κ3) is 4.71. The number of amides is 1. The Kier molecular flexibility index (Phi) is 6.41. The zero-order valence-corrected chi connectivity index (χ0v) is 16.1. The molecule has 26 heavy (non-hydrogen) atoms. The van der Waals surface area contributed by atoms with Crippen molar-refractivity contribution >= 4 is 23.3 Å². The molecular weight excluding hydrogens is 346 g/mol. The highest BCUT2D eigenvalue weighted by Crippen LogP contribution is 2.22. The summed E-state index contributed by atoms with van der Waals surface area (Å²) in [7, 11) is 1.92. The second-order valence-corrected chi connectivity index (χ2v) is 7.47. The molecule has 1 aliphatic rings. The smallest absolute Gasteiger partial charge is 0.246 e. The van der Waals surface area contributed by atoms with Crippen LogP contribution in [0.1, 0.15) is 29.1 Å². The molecule has 2 aromatic rings. The van der Waals surface area contributed by atoms with Crippen LogP contribution in [0.5, 0.6) is 5.75 Å². The monoisotopic (exact) mass is 371 g/mol. The number of nitrogens with zero attached hydrogens (tertiary/aromatic N) is 2. The molecule has 0 bridgehead atoms. The first-order valence-electron chi connectivity index (χ1n) is 8.93. The van der Waals surface area contributed by atoms with Gasteiger partial charge in [-0.25, -0.2) is 4.98 Å². The van der Waals surface area contributed by atoms with Crippen LogP contribution in [0.4, 0.5) is 0 Å². The van der Waals surface area contributed by atoms with Gasteiger partial charge in [0.25, 0.3) is 0 Å². The Labute approximate surface area is 158 Å². The predicted molar refractivity (Wildman–Crippen MR) is 105 cm³/mol. The maximum atomic E-state index is 12.6. The molecule has 1 saturated heterocycles. The van der Waals surface area contributed by atoms with Crippen LogP contribution < -0.4 is 10.1 Å². The summed E-state index contributed by atoms with van der Waals surface area (Å²) < 4.78 is 5.91. The molecular formula is C20H25N3O2S. The zero-order chi connectivity index (χ0) is 18.4. The number of benzene rings is 1. The van der Waals surface area contributed by atoms with Gasteiger partial charge in [0.15, 0.2) is 0 Å². The fraction of sp³-hybridized carbons (Fsp3) is 0.400. The summed E-state index contributed by atoms with van der Waals surface area (Å²) in [6.45, 7) is 4.08. The van der Waals surface area contributed by atoms with E-state index in [9.17, 15) is 4.79 Å². The van der Waals surface area contributed by atoms with Crippen LogP contribution in [0.25, 0.3) is 6.08 Å². The third-order valence-electron chi connectivity index (χ3n) is 4.47. The van der Waals surface area contributed by atoms with Crippen LogP contribution in [0.2, 0.25) is 0 Å². The maximum Gasteiger partial charge on any atom is 0.246 e. The van der Waals surface area contributed by atoms with E-state index >= 15 is 0 Å². The Morgan fingerprint density at radius 1 is 1.46 bits per heavy atom. The first-order valence-corrected chi connectivity index (χ1v) is 9.81. The van der Waals surface area contributed by atoms with Crippen molar-refractivity contribution in [3.63, 3.8) is 0 Å². The lowest BCUT2D eigenvalue weighted by atomic mass is 10.1. The number of likely N-dealkylation sites (tertiary alicyclic amines) is 1. The summed E-state index contributed by atoms with van der Waals surface area (Å²) in [4.78, 5) is 18.9. The van der Waals surface area contributed by atoms with Gasteiger partial charge in [-0.2, -0.15) is 0 Å². The van der Waals surface area contributed by atoms with Gasteiger partial charge in [-0.15, -0.1) is 11.3 Å². The number of ether oxygens (including phenoxy) is 1. The van der Waals surface area contributed by atoms with Crippen molar-refractivity contribution in [2.24, 2.45) is 0 Å². The van der Waals surface area contributed by atoms with Gasteiger partial charge in [0, 0.05) is 36.2 Å². The molecule has 0 saturated carbocycles. The fourth-order valence-electron chi connectivity index (χ4n) is 3.21. The number of para-hydroxylation sites is 1. The number of hydrogen-bond acceptors (Lipinski definition) is 5. The van der Waals surface area contributed by atoms with E-state index < -0.39 is 0 Å². The van der Waals surface area contributed by atoms with Gasteiger partial charge in [0.1, 0.15) is 12.4 Å². The van der Waals surface area contributed by atoms with Crippen molar-refractivity contribution < 1.29 is 9.53 Å². The van der Waals surface area contributed by atoms with Crippen molar-refractivity contribution in [2.75, 3.05) is 20.1 Å². The van der Waals surface area contributed by atoms with Crippen LogP contribution >= 0.6 is 11.3 Å². The van der Waals surface area contributed by atoms with Crippen molar-refractivity contribution in [1.82, 2.24) is 15.2 Å². The topological polar surface area (TPSA) is 54.5 Å². The van der Waals surface area contributed by atoms with E-state index in [0.29, 0.717) is 6.61 Å². The lowest BCUT2D eigenvalue weighted by molar-refractivity contribution is -0.126.